The molecule has 0 N–H and O–H groups in total. The van der Waals surface area contributed by atoms with Crippen LogP contribution in [-0.2, 0) is 6.18 Å². The predicted molar refractivity (Wildman–Crippen MR) is 76.9 cm³/mol. The predicted octanol–water partition coefficient (Wildman–Crippen LogP) is 3.46. The van der Waals surface area contributed by atoms with Gasteiger partial charge in [0.05, 0.1) is 17.0 Å². The second-order valence-corrected chi connectivity index (χ2v) is 4.75. The fraction of sp³-hybridized carbons (Fsp3) is 0.0625. The molecule has 0 aliphatic carbocycles. The minimum absolute atomic E-state index is 0.0378. The zero-order valence-corrected chi connectivity index (χ0v) is 11.7. The van der Waals surface area contributed by atoms with E-state index in [1.807, 2.05) is 0 Å². The summed E-state index contributed by atoms with van der Waals surface area (Å²) < 4.78 is 39.9. The van der Waals surface area contributed by atoms with Crippen molar-refractivity contribution in [3.63, 3.8) is 0 Å². The maximum absolute atomic E-state index is 13.1. The average Bonchev–Trinajstić information content (AvgIpc) is 2.55. The van der Waals surface area contributed by atoms with E-state index in [4.69, 9.17) is 0 Å². The summed E-state index contributed by atoms with van der Waals surface area (Å²) in [6, 6.07) is 11.1. The van der Waals surface area contributed by atoms with Crippen molar-refractivity contribution < 1.29 is 17.9 Å². The highest BCUT2D eigenvalue weighted by Crippen LogP contribution is 2.33. The van der Waals surface area contributed by atoms with E-state index in [2.05, 4.69) is 9.97 Å². The monoisotopic (exact) mass is 317 g/mol. The molecule has 0 amide bonds. The zero-order valence-electron chi connectivity index (χ0n) is 11.7. The molecule has 23 heavy (non-hydrogen) atoms. The lowest BCUT2D eigenvalue weighted by atomic mass is 10.1. The van der Waals surface area contributed by atoms with Crippen molar-refractivity contribution in [2.24, 2.45) is 0 Å². The second kappa shape index (κ2) is 5.68. The minimum atomic E-state index is -4.55. The van der Waals surface area contributed by atoms with Gasteiger partial charge in [0, 0.05) is 18.3 Å². The molecule has 0 atom stereocenters. The molecule has 0 bridgehead atoms. The molecular formula is C16H10F3N3O. The lowest BCUT2D eigenvalue weighted by Gasteiger charge is -2.11. The van der Waals surface area contributed by atoms with Crippen molar-refractivity contribution in [2.75, 3.05) is 0 Å². The third kappa shape index (κ3) is 3.13. The van der Waals surface area contributed by atoms with Gasteiger partial charge in [0.25, 0.3) is 0 Å². The molecule has 0 radical (unpaired) electrons. The molecule has 7 heteroatoms. The molecule has 0 aliphatic heterocycles. The highest BCUT2D eigenvalue weighted by molar-refractivity contribution is 5.62. The molecule has 0 saturated carbocycles. The van der Waals surface area contributed by atoms with Crippen LogP contribution in [0.4, 0.5) is 13.2 Å². The van der Waals surface area contributed by atoms with Crippen LogP contribution in [0.2, 0.25) is 0 Å². The first-order valence-corrected chi connectivity index (χ1v) is 6.64. The van der Waals surface area contributed by atoms with Gasteiger partial charge in [-0.2, -0.15) is 17.9 Å². The molecule has 0 spiro atoms. The van der Waals surface area contributed by atoms with E-state index in [0.717, 1.165) is 12.1 Å². The maximum atomic E-state index is 13.1. The Balaban J connectivity index is 2.23. The summed E-state index contributed by atoms with van der Waals surface area (Å²) in [6.07, 6.45) is -1.88. The van der Waals surface area contributed by atoms with Crippen LogP contribution in [0.25, 0.3) is 22.8 Å². The summed E-state index contributed by atoms with van der Waals surface area (Å²) in [7, 11) is 0. The quantitative estimate of drug-likeness (QED) is 0.537. The van der Waals surface area contributed by atoms with Crippen molar-refractivity contribution in [3.8, 4) is 22.8 Å². The lowest BCUT2D eigenvalue weighted by molar-refractivity contribution is -0.593. The van der Waals surface area contributed by atoms with Gasteiger partial charge in [-0.1, -0.05) is 6.07 Å². The van der Waals surface area contributed by atoms with Gasteiger partial charge in [-0.3, -0.25) is 4.98 Å². The molecule has 4 nitrogen and oxygen atoms in total. The van der Waals surface area contributed by atoms with Gasteiger partial charge < -0.3 is 5.21 Å². The van der Waals surface area contributed by atoms with Crippen molar-refractivity contribution in [1.82, 2.24) is 9.97 Å². The van der Waals surface area contributed by atoms with E-state index in [1.165, 1.54) is 24.5 Å². The first-order chi connectivity index (χ1) is 10.9. The van der Waals surface area contributed by atoms with Crippen molar-refractivity contribution in [1.29, 1.82) is 0 Å². The first-order valence-electron chi connectivity index (χ1n) is 6.64. The van der Waals surface area contributed by atoms with Crippen molar-refractivity contribution >= 4 is 0 Å². The Morgan fingerprint density at radius 1 is 0.913 bits per heavy atom. The van der Waals surface area contributed by atoms with Gasteiger partial charge in [0.2, 0.25) is 5.69 Å². The largest absolute Gasteiger partial charge is 0.618 e. The number of hydrogen-bond donors (Lipinski definition) is 0. The zero-order chi connectivity index (χ0) is 16.4. The van der Waals surface area contributed by atoms with Gasteiger partial charge in [-0.05, 0) is 30.3 Å². The molecule has 0 saturated heterocycles. The SMILES string of the molecule is [O-][n+]1ccccc1-c1cc(C(F)(F)F)cc(-c2ccccn2)n1. The van der Waals surface area contributed by atoms with Crippen LogP contribution in [0.15, 0.2) is 60.9 Å². The van der Waals surface area contributed by atoms with Crippen molar-refractivity contribution in [3.05, 3.63) is 71.7 Å². The van der Waals surface area contributed by atoms with Gasteiger partial charge in [0.1, 0.15) is 5.69 Å². The van der Waals surface area contributed by atoms with E-state index in [0.29, 0.717) is 10.4 Å². The van der Waals surface area contributed by atoms with Gasteiger partial charge in [-0.25, -0.2) is 4.98 Å². The molecule has 0 unspecified atom stereocenters. The van der Waals surface area contributed by atoms with Crippen LogP contribution in [0.3, 0.4) is 0 Å². The maximum Gasteiger partial charge on any atom is 0.416 e. The summed E-state index contributed by atoms with van der Waals surface area (Å²) >= 11 is 0. The molecule has 3 rings (SSSR count). The Hall–Kier alpha value is -2.96. The fourth-order valence-corrected chi connectivity index (χ4v) is 2.10. The third-order valence-electron chi connectivity index (χ3n) is 3.17. The van der Waals surface area contributed by atoms with Gasteiger partial charge >= 0.3 is 6.18 Å². The number of aromatic nitrogens is 3. The molecule has 3 heterocycles. The number of alkyl halides is 3. The minimum Gasteiger partial charge on any atom is -0.618 e. The van der Waals surface area contributed by atoms with Gasteiger partial charge in [0.15, 0.2) is 6.20 Å². The first kappa shape index (κ1) is 15.0. The summed E-state index contributed by atoms with van der Waals surface area (Å²) in [5, 5.41) is 11.8. The summed E-state index contributed by atoms with van der Waals surface area (Å²) in [5.74, 6) is 0. The molecule has 3 aromatic rings. The molecule has 0 aromatic carbocycles. The fourth-order valence-electron chi connectivity index (χ4n) is 2.10. The van der Waals surface area contributed by atoms with Crippen LogP contribution in [0, 0.1) is 5.21 Å². The number of rotatable bonds is 2. The van der Waals surface area contributed by atoms with E-state index in [1.54, 1.807) is 24.3 Å². The van der Waals surface area contributed by atoms with E-state index in [-0.39, 0.29) is 17.1 Å². The van der Waals surface area contributed by atoms with E-state index in [9.17, 15) is 18.4 Å². The Morgan fingerprint density at radius 2 is 1.65 bits per heavy atom. The van der Waals surface area contributed by atoms with Crippen LogP contribution in [0.5, 0.6) is 0 Å². The van der Waals surface area contributed by atoms with Crippen LogP contribution in [0.1, 0.15) is 5.56 Å². The van der Waals surface area contributed by atoms with Crippen LogP contribution < -0.4 is 4.73 Å². The Morgan fingerprint density at radius 3 is 2.30 bits per heavy atom. The highest BCUT2D eigenvalue weighted by Gasteiger charge is 2.32. The number of hydrogen-bond acceptors (Lipinski definition) is 3. The lowest BCUT2D eigenvalue weighted by Crippen LogP contribution is -2.28. The smallest absolute Gasteiger partial charge is 0.416 e. The highest BCUT2D eigenvalue weighted by atomic mass is 19.4. The summed E-state index contributed by atoms with van der Waals surface area (Å²) in [4.78, 5) is 8.18. The molecule has 3 aromatic heterocycles. The summed E-state index contributed by atoms with van der Waals surface area (Å²) in [5.41, 5.74) is -0.550. The standard InChI is InChI=1S/C16H10F3N3O/c17-16(18,19)11-9-13(12-5-1-3-7-20-12)21-14(10-11)15-6-2-4-8-22(15)23/h1-10H. The van der Waals surface area contributed by atoms with Crippen LogP contribution >= 0.6 is 0 Å². The van der Waals surface area contributed by atoms with Crippen molar-refractivity contribution in [2.45, 2.75) is 6.18 Å². The Bertz CT molecular complexity index is 835. The third-order valence-corrected chi connectivity index (χ3v) is 3.17. The van der Waals surface area contributed by atoms with E-state index < -0.39 is 11.7 Å². The number of halogens is 3. The molecule has 116 valence electrons. The number of nitrogens with zero attached hydrogens (tertiary/aromatic N) is 3. The van der Waals surface area contributed by atoms with E-state index >= 15 is 0 Å². The second-order valence-electron chi connectivity index (χ2n) is 4.75. The Labute approximate surface area is 129 Å². The molecule has 0 aliphatic rings. The average molecular weight is 317 g/mol. The molecule has 0 fully saturated rings. The summed E-state index contributed by atoms with van der Waals surface area (Å²) in [6.45, 7) is 0. The molecular weight excluding hydrogens is 307 g/mol. The number of pyridine rings is 3. The van der Waals surface area contributed by atoms with Gasteiger partial charge in [-0.15, -0.1) is 0 Å². The topological polar surface area (TPSA) is 52.7 Å². The normalized spacial score (nSPS) is 11.4. The Kier molecular flexibility index (Phi) is 3.69. The van der Waals surface area contributed by atoms with Crippen LogP contribution in [-0.4, -0.2) is 9.97 Å².